The van der Waals surface area contributed by atoms with Crippen LogP contribution in [0.25, 0.3) is 0 Å². The Kier molecular flexibility index (Phi) is 8.78. The lowest BCUT2D eigenvalue weighted by molar-refractivity contribution is -0.595. The zero-order chi connectivity index (χ0) is 40.0. The van der Waals surface area contributed by atoms with Crippen molar-refractivity contribution < 1.29 is 58.4 Å². The largest absolute Gasteiger partial charge is 0.458 e. The van der Waals surface area contributed by atoms with E-state index >= 15 is 0 Å². The van der Waals surface area contributed by atoms with Gasteiger partial charge in [-0.2, -0.15) is 0 Å². The first kappa shape index (κ1) is 38.8. The van der Waals surface area contributed by atoms with E-state index in [0.717, 1.165) is 6.42 Å². The first-order valence-electron chi connectivity index (χ1n) is 20.7. The van der Waals surface area contributed by atoms with Crippen LogP contribution in [0.15, 0.2) is 54.6 Å². The molecule has 0 amide bonds. The van der Waals surface area contributed by atoms with Crippen molar-refractivity contribution in [2.24, 2.45) is 47.3 Å². The zero-order valence-corrected chi connectivity index (χ0v) is 33.4. The van der Waals surface area contributed by atoms with Crippen LogP contribution in [0.2, 0.25) is 0 Å². The van der Waals surface area contributed by atoms with Gasteiger partial charge in [-0.25, -0.2) is 4.79 Å². The van der Waals surface area contributed by atoms with Crippen LogP contribution in [0.3, 0.4) is 0 Å². The summed E-state index contributed by atoms with van der Waals surface area (Å²) < 4.78 is 39.8. The molecule has 1 spiro atoms. The maximum atomic E-state index is 13.7. The SMILES string of the molecule is CC(C)CC(=O)O[C@H]1C=CC=CC(=O)O[C@H]2[C@@H](C)C[C@@H]3[C@]2(O)[C@H](O)[C@@]2(C)O[C@H]2[C@H]2[C@H]4O[C@]5(c6ccccc6)O[C@@H]([C@@H](C)[C@@]23O5)[C@@]4(O)[C@](C)(O)C[C@H]2CC[C@H]1[C@H]2C. The topological polar surface area (TPSA) is 174 Å². The van der Waals surface area contributed by atoms with Crippen LogP contribution in [0, 0.1) is 47.3 Å². The Balaban J connectivity index is 1.21. The van der Waals surface area contributed by atoms with E-state index < -0.39 is 100 Å². The molecule has 9 aliphatic rings. The number of carbonyl (C=O) groups excluding carboxylic acids is 2. The van der Waals surface area contributed by atoms with E-state index in [1.54, 1.807) is 32.1 Å². The molecule has 8 fully saturated rings. The van der Waals surface area contributed by atoms with Crippen LogP contribution in [-0.2, 0) is 44.0 Å². The van der Waals surface area contributed by atoms with Crippen LogP contribution < -0.4 is 0 Å². The fourth-order valence-electron chi connectivity index (χ4n) is 13.0. The Bertz CT molecular complexity index is 1810. The standard InChI is InChI=1S/C44H58O12/c1-22(2)19-32(46)51-29-15-11-12-16-31(45)52-34-23(3)20-30-41(34,49)38(47)40(7)36(53-40)33-37-43(50,39(6,48)21-26-17-18-28(29)24(26)4)35-25(5)42(30,33)56-44(54-35,55-37)27-13-9-8-10-14-27/h8-16,22-26,28-30,33-38,47-50H,17-21H2,1-7H3/t23-,24-,25+,26+,28-,29-,30+,33-,34-,35-,36-,37+,38+,39+,40-,41+,42-,43-,44-/m0/s1. The minimum absolute atomic E-state index is 0.0284. The molecule has 5 heterocycles. The third-order valence-electron chi connectivity index (χ3n) is 15.7. The van der Waals surface area contributed by atoms with Crippen molar-refractivity contribution in [3.05, 3.63) is 60.2 Å². The van der Waals surface area contributed by atoms with Crippen molar-refractivity contribution >= 4 is 11.9 Å². The van der Waals surface area contributed by atoms with Crippen molar-refractivity contribution in [1.29, 1.82) is 0 Å². The number of benzene rings is 1. The maximum Gasteiger partial charge on any atom is 0.331 e. The molecule has 4 saturated heterocycles. The molecule has 10 rings (SSSR count). The number of aliphatic hydroxyl groups is 4. The van der Waals surface area contributed by atoms with Gasteiger partial charge in [-0.1, -0.05) is 77.1 Å². The molecule has 0 radical (unpaired) electrons. The summed E-state index contributed by atoms with van der Waals surface area (Å²) in [6.45, 7) is 13.2. The highest BCUT2D eigenvalue weighted by atomic mass is 16.9. The molecule has 0 unspecified atom stereocenters. The van der Waals surface area contributed by atoms with Gasteiger partial charge in [0, 0.05) is 41.7 Å². The number of hydrogen-bond acceptors (Lipinski definition) is 12. The van der Waals surface area contributed by atoms with Gasteiger partial charge in [-0.3, -0.25) is 4.79 Å². The molecule has 4 N–H and O–H groups in total. The molecule has 1 aromatic carbocycles. The van der Waals surface area contributed by atoms with Crippen LogP contribution in [-0.4, -0.2) is 97.0 Å². The highest BCUT2D eigenvalue weighted by Gasteiger charge is 2.90. The highest BCUT2D eigenvalue weighted by molar-refractivity contribution is 5.82. The fraction of sp³-hybridized carbons (Fsp3) is 0.727. The van der Waals surface area contributed by atoms with Gasteiger partial charge in [0.2, 0.25) is 0 Å². The normalized spacial score (nSPS) is 54.0. The molecule has 306 valence electrons. The molecule has 4 saturated carbocycles. The van der Waals surface area contributed by atoms with Crippen LogP contribution >= 0.6 is 0 Å². The molecule has 5 aliphatic heterocycles. The summed E-state index contributed by atoms with van der Waals surface area (Å²) in [6, 6.07) is 9.19. The summed E-state index contributed by atoms with van der Waals surface area (Å²) >= 11 is 0. The molecule has 4 aliphatic carbocycles. The van der Waals surface area contributed by atoms with Crippen molar-refractivity contribution in [3.63, 3.8) is 0 Å². The van der Waals surface area contributed by atoms with Crippen LogP contribution in [0.4, 0.5) is 0 Å². The Labute approximate surface area is 328 Å². The Morgan fingerprint density at radius 1 is 0.946 bits per heavy atom. The van der Waals surface area contributed by atoms with Gasteiger partial charge in [-0.05, 0) is 69.3 Å². The monoisotopic (exact) mass is 778 g/mol. The molecule has 1 aromatic rings. The van der Waals surface area contributed by atoms with E-state index in [1.807, 2.05) is 58.0 Å². The quantitative estimate of drug-likeness (QED) is 0.256. The molecular weight excluding hydrogens is 720 g/mol. The summed E-state index contributed by atoms with van der Waals surface area (Å²) in [5, 5.41) is 52.1. The minimum Gasteiger partial charge on any atom is -0.458 e. The average molecular weight is 779 g/mol. The number of ether oxygens (including phenoxy) is 6. The second kappa shape index (κ2) is 12.7. The lowest BCUT2D eigenvalue weighted by Crippen LogP contribution is -2.89. The molecule has 56 heavy (non-hydrogen) atoms. The highest BCUT2D eigenvalue weighted by Crippen LogP contribution is 2.75. The van der Waals surface area contributed by atoms with E-state index in [0.29, 0.717) is 18.4 Å². The van der Waals surface area contributed by atoms with E-state index in [-0.39, 0.29) is 42.5 Å². The van der Waals surface area contributed by atoms with Gasteiger partial charge < -0.3 is 48.8 Å². The number of esters is 2. The number of epoxide rings is 1. The summed E-state index contributed by atoms with van der Waals surface area (Å²) in [5.74, 6) is -5.65. The smallest absolute Gasteiger partial charge is 0.331 e. The number of aliphatic hydroxyl groups excluding tert-OH is 1. The number of carbonyl (C=O) groups is 2. The summed E-state index contributed by atoms with van der Waals surface area (Å²) in [5.41, 5.74) is -7.95. The Hall–Kier alpha value is -2.68. The molecule has 12 heteroatoms. The van der Waals surface area contributed by atoms with Crippen LogP contribution in [0.1, 0.15) is 86.1 Å². The van der Waals surface area contributed by atoms with Gasteiger partial charge in [0.25, 0.3) is 0 Å². The minimum atomic E-state index is -2.05. The predicted octanol–water partition coefficient (Wildman–Crippen LogP) is 4.07. The number of rotatable bonds is 4. The first-order valence-corrected chi connectivity index (χ1v) is 20.7. The number of hydrogen-bond donors (Lipinski definition) is 4. The lowest BCUT2D eigenvalue weighted by atomic mass is 9.49. The van der Waals surface area contributed by atoms with Gasteiger partial charge in [-0.15, -0.1) is 0 Å². The van der Waals surface area contributed by atoms with Crippen molar-refractivity contribution in [2.45, 2.75) is 151 Å². The van der Waals surface area contributed by atoms with Crippen molar-refractivity contribution in [2.75, 3.05) is 0 Å². The second-order valence-corrected chi connectivity index (χ2v) is 19.4. The molecule has 12 nitrogen and oxygen atoms in total. The van der Waals surface area contributed by atoms with Gasteiger partial charge in [0.1, 0.15) is 47.3 Å². The second-order valence-electron chi connectivity index (χ2n) is 19.4. The van der Waals surface area contributed by atoms with E-state index in [1.165, 1.54) is 6.08 Å². The van der Waals surface area contributed by atoms with Crippen molar-refractivity contribution in [1.82, 2.24) is 0 Å². The van der Waals surface area contributed by atoms with Gasteiger partial charge >= 0.3 is 17.9 Å². The summed E-state index contributed by atoms with van der Waals surface area (Å²) in [4.78, 5) is 26.7. The summed E-state index contributed by atoms with van der Waals surface area (Å²) in [6.07, 6.45) is 2.26. The van der Waals surface area contributed by atoms with E-state index in [2.05, 4.69) is 6.92 Å². The maximum absolute atomic E-state index is 13.7. The third kappa shape index (κ3) is 5.06. The number of allylic oxidation sites excluding steroid dienone is 2. The number of fused-ring (bicyclic) bond motifs is 3. The Morgan fingerprint density at radius 2 is 1.66 bits per heavy atom. The lowest BCUT2D eigenvalue weighted by Gasteiger charge is -2.74. The fourth-order valence-corrected chi connectivity index (χ4v) is 13.0. The Morgan fingerprint density at radius 3 is 2.38 bits per heavy atom. The first-order chi connectivity index (χ1) is 26.3. The summed E-state index contributed by atoms with van der Waals surface area (Å²) in [7, 11) is 0. The molecule has 0 aromatic heterocycles. The van der Waals surface area contributed by atoms with Gasteiger partial charge in [0.05, 0.1) is 17.3 Å². The molecule has 19 atom stereocenters. The van der Waals surface area contributed by atoms with Crippen molar-refractivity contribution in [3.8, 4) is 0 Å². The predicted molar refractivity (Wildman–Crippen MR) is 199 cm³/mol. The zero-order valence-electron chi connectivity index (χ0n) is 33.4. The molecular formula is C44H58O12. The molecule has 10 bridgehead atoms. The van der Waals surface area contributed by atoms with E-state index in [4.69, 9.17) is 28.4 Å². The van der Waals surface area contributed by atoms with Gasteiger partial charge in [0.15, 0.2) is 0 Å². The third-order valence-corrected chi connectivity index (χ3v) is 15.7. The van der Waals surface area contributed by atoms with Crippen LogP contribution in [0.5, 0.6) is 0 Å². The van der Waals surface area contributed by atoms with E-state index in [9.17, 15) is 30.0 Å². The average Bonchev–Trinajstić information content (AvgIpc) is 3.61.